The fraction of sp³-hybridized carbons (Fsp3) is 0.536. The molecule has 9 nitrogen and oxygen atoms in total. The number of aliphatic carboxylic acids is 1. The van der Waals surface area contributed by atoms with Crippen LogP contribution in [0.25, 0.3) is 0 Å². The van der Waals surface area contributed by atoms with E-state index in [9.17, 15) is 19.5 Å². The van der Waals surface area contributed by atoms with Gasteiger partial charge in [-0.25, -0.2) is 4.79 Å². The summed E-state index contributed by atoms with van der Waals surface area (Å²) < 4.78 is 22.9. The highest BCUT2D eigenvalue weighted by Gasteiger charge is 2.25. The van der Waals surface area contributed by atoms with E-state index in [1.165, 1.54) is 32.1 Å². The standard InChI is InChI=1S/C84H129NO8/c1-6-8-10-12-14-16-18-20-22-24-26-28-30-32-34-36-38-39-40-41-42-43-45-47-49-51-53-55-57-59-61-63-65-67-69-71-73-75-82(87)93-80(79-92-84(83(88)89)90-77-76-85(3,4)5)78-91-81(86)74-72-70-68-66-64-62-60-58-56-54-52-50-48-46-44-37-35-33-31-29-27-25-23-21-19-17-15-13-11-9-7-2/h8-11,14-17,20-23,26-29,32-35,38-39,41-42,44-47,50-53,56,58,62,64,80,84H,6-7,12-13,18-19,24-25,30-31,36-37,40,43,48-49,54-55,57,59-61,63,65-79H2,1-5H3/p+1/b10-8-,11-9-,16-14-,17-15-,22-20-,23-21-,28-26-,29-27-,34-32-,35-33-,39-38-,42-41-,46-44-,47-45-,52-50-,53-51-,58-56-,64-62-. The zero-order valence-corrected chi connectivity index (χ0v) is 59.1. The molecule has 0 heterocycles. The maximum Gasteiger partial charge on any atom is 0.361 e. The average Bonchev–Trinajstić information content (AvgIpc) is 3.73. The molecule has 2 unspecified atom stereocenters. The van der Waals surface area contributed by atoms with Gasteiger partial charge >= 0.3 is 17.9 Å². The van der Waals surface area contributed by atoms with Crippen LogP contribution in [0.15, 0.2) is 219 Å². The van der Waals surface area contributed by atoms with Gasteiger partial charge in [0.2, 0.25) is 0 Å². The third kappa shape index (κ3) is 72.9. The number of rotatable bonds is 63. The molecule has 518 valence electrons. The zero-order valence-electron chi connectivity index (χ0n) is 59.1. The fourth-order valence-corrected chi connectivity index (χ4v) is 8.82. The molecule has 0 radical (unpaired) electrons. The van der Waals surface area contributed by atoms with Crippen LogP contribution in [0.3, 0.4) is 0 Å². The summed E-state index contributed by atoms with van der Waals surface area (Å²) in [5.74, 6) is -2.08. The molecule has 2 atom stereocenters. The SMILES string of the molecule is CC/C=C\C/C=C\C/C=C\C/C=C\C/C=C\C/C=C\C/C=C\C/C=C\C/C=C\CCCCCCCCCCCC(=O)OC(COC(=O)CCCCC/C=C\C/C=C\C/C=C\C/C=C\C/C=C\C/C=C\C/C=C\C/C=C\C/C=C\CC)COC(OCC[N+](C)(C)C)C(=O)O. The van der Waals surface area contributed by atoms with E-state index < -0.39 is 24.3 Å². The molecule has 0 aromatic carbocycles. The number of nitrogens with zero attached hydrogens (tertiary/aromatic N) is 1. The summed E-state index contributed by atoms with van der Waals surface area (Å²) in [6.45, 7) is 4.57. The van der Waals surface area contributed by atoms with Gasteiger partial charge in [-0.05, 0) is 154 Å². The van der Waals surface area contributed by atoms with Gasteiger partial charge < -0.3 is 28.5 Å². The Morgan fingerprint density at radius 3 is 0.871 bits per heavy atom. The van der Waals surface area contributed by atoms with Crippen molar-refractivity contribution in [3.05, 3.63) is 219 Å². The highest BCUT2D eigenvalue weighted by atomic mass is 16.7. The number of esters is 2. The Hall–Kier alpha value is -6.39. The van der Waals surface area contributed by atoms with Crippen LogP contribution in [0.1, 0.15) is 232 Å². The Balaban J connectivity index is 4.28. The van der Waals surface area contributed by atoms with E-state index >= 15 is 0 Å². The highest BCUT2D eigenvalue weighted by molar-refractivity contribution is 5.71. The number of carbonyl (C=O) groups excluding carboxylic acids is 2. The maximum absolute atomic E-state index is 13.0. The molecule has 0 saturated carbocycles. The van der Waals surface area contributed by atoms with E-state index in [4.69, 9.17) is 18.9 Å². The largest absolute Gasteiger partial charge is 0.477 e. The second-order valence-corrected chi connectivity index (χ2v) is 24.1. The van der Waals surface area contributed by atoms with Crippen molar-refractivity contribution >= 4 is 17.9 Å². The van der Waals surface area contributed by atoms with Crippen molar-refractivity contribution in [3.8, 4) is 0 Å². The van der Waals surface area contributed by atoms with Gasteiger partial charge in [0.25, 0.3) is 6.29 Å². The first kappa shape index (κ1) is 86.6. The third-order valence-corrected chi connectivity index (χ3v) is 14.2. The number of unbranched alkanes of at least 4 members (excludes halogenated alkanes) is 12. The fourth-order valence-electron chi connectivity index (χ4n) is 8.82. The van der Waals surface area contributed by atoms with E-state index in [-0.39, 0.29) is 38.6 Å². The normalized spacial score (nSPS) is 14.0. The van der Waals surface area contributed by atoms with Crippen LogP contribution in [-0.4, -0.2) is 87.4 Å². The molecule has 0 spiro atoms. The Bertz CT molecular complexity index is 2330. The topological polar surface area (TPSA) is 108 Å². The van der Waals surface area contributed by atoms with Gasteiger partial charge in [-0.3, -0.25) is 9.59 Å². The van der Waals surface area contributed by atoms with Crippen molar-refractivity contribution < 1.29 is 42.9 Å². The third-order valence-electron chi connectivity index (χ3n) is 14.2. The quantitative estimate of drug-likeness (QED) is 0.0211. The average molecular weight is 1280 g/mol. The molecule has 0 amide bonds. The predicted octanol–water partition coefficient (Wildman–Crippen LogP) is 22.9. The number of hydrogen-bond acceptors (Lipinski definition) is 7. The van der Waals surface area contributed by atoms with E-state index in [2.05, 4.69) is 233 Å². The first-order valence-corrected chi connectivity index (χ1v) is 35.9. The summed E-state index contributed by atoms with van der Waals surface area (Å²) in [4.78, 5) is 37.6. The van der Waals surface area contributed by atoms with E-state index in [0.717, 1.165) is 161 Å². The number of likely N-dealkylation sites (N-methyl/N-ethyl adjacent to an activating group) is 1. The van der Waals surface area contributed by atoms with Crippen molar-refractivity contribution in [1.82, 2.24) is 0 Å². The predicted molar refractivity (Wildman–Crippen MR) is 400 cm³/mol. The molecular formula is C84H130NO8+. The van der Waals surface area contributed by atoms with Crippen LogP contribution in [0, 0.1) is 0 Å². The number of carboxylic acid groups (broad SMARTS) is 1. The summed E-state index contributed by atoms with van der Waals surface area (Å²) in [6, 6.07) is 0. The second kappa shape index (κ2) is 71.5. The highest BCUT2D eigenvalue weighted by Crippen LogP contribution is 2.14. The van der Waals surface area contributed by atoms with E-state index in [1.807, 2.05) is 21.1 Å². The lowest BCUT2D eigenvalue weighted by atomic mass is 10.1. The molecule has 9 heteroatoms. The molecule has 0 fully saturated rings. The molecule has 0 aliphatic rings. The van der Waals surface area contributed by atoms with E-state index in [0.29, 0.717) is 23.9 Å². The van der Waals surface area contributed by atoms with Crippen LogP contribution in [0.5, 0.6) is 0 Å². The van der Waals surface area contributed by atoms with Crippen molar-refractivity contribution in [2.24, 2.45) is 0 Å². The number of quaternary nitrogens is 1. The number of hydrogen-bond donors (Lipinski definition) is 1. The Morgan fingerprint density at radius 2 is 0.581 bits per heavy atom. The number of allylic oxidation sites excluding steroid dienone is 36. The molecule has 0 saturated heterocycles. The zero-order chi connectivity index (χ0) is 67.5. The van der Waals surface area contributed by atoms with Crippen molar-refractivity contribution in [2.75, 3.05) is 47.5 Å². The van der Waals surface area contributed by atoms with Gasteiger partial charge in [0.05, 0.1) is 34.4 Å². The molecule has 0 aliphatic heterocycles. The molecule has 0 aromatic heterocycles. The number of carboxylic acids is 1. The van der Waals surface area contributed by atoms with Gasteiger partial charge in [0.1, 0.15) is 13.2 Å². The number of carbonyl (C=O) groups is 3. The van der Waals surface area contributed by atoms with Crippen molar-refractivity contribution in [3.63, 3.8) is 0 Å². The van der Waals surface area contributed by atoms with Gasteiger partial charge in [0.15, 0.2) is 6.10 Å². The minimum Gasteiger partial charge on any atom is -0.477 e. The Kier molecular flexibility index (Phi) is 66.5. The molecule has 0 bridgehead atoms. The van der Waals surface area contributed by atoms with Gasteiger partial charge in [-0.1, -0.05) is 284 Å². The molecule has 0 aliphatic carbocycles. The molecule has 0 rings (SSSR count). The van der Waals surface area contributed by atoms with E-state index in [1.54, 1.807) is 0 Å². The monoisotopic (exact) mass is 1280 g/mol. The van der Waals surface area contributed by atoms with Crippen molar-refractivity contribution in [1.29, 1.82) is 0 Å². The maximum atomic E-state index is 13.0. The van der Waals surface area contributed by atoms with Crippen molar-refractivity contribution in [2.45, 2.75) is 245 Å². The summed E-state index contributed by atoms with van der Waals surface area (Å²) in [5, 5.41) is 9.75. The van der Waals surface area contributed by atoms with Gasteiger partial charge in [0, 0.05) is 12.8 Å². The van der Waals surface area contributed by atoms with Gasteiger partial charge in [-0.15, -0.1) is 0 Å². The first-order chi connectivity index (χ1) is 45.6. The minimum absolute atomic E-state index is 0.168. The van der Waals surface area contributed by atoms with Crippen LogP contribution in [-0.2, 0) is 33.3 Å². The van der Waals surface area contributed by atoms with Crippen LogP contribution in [0.4, 0.5) is 0 Å². The Morgan fingerprint density at radius 1 is 0.323 bits per heavy atom. The lowest BCUT2D eigenvalue weighted by Gasteiger charge is -2.25. The summed E-state index contributed by atoms with van der Waals surface area (Å²) in [5.41, 5.74) is 0. The van der Waals surface area contributed by atoms with Crippen LogP contribution < -0.4 is 0 Å². The lowest BCUT2D eigenvalue weighted by Crippen LogP contribution is -2.40. The van der Waals surface area contributed by atoms with Crippen LogP contribution in [0.2, 0.25) is 0 Å². The summed E-state index contributed by atoms with van der Waals surface area (Å²) in [7, 11) is 5.95. The smallest absolute Gasteiger partial charge is 0.361 e. The summed E-state index contributed by atoms with van der Waals surface area (Å²) in [6.07, 6.45) is 110. The Labute approximate surface area is 568 Å². The molecule has 93 heavy (non-hydrogen) atoms. The van der Waals surface area contributed by atoms with Gasteiger partial charge in [-0.2, -0.15) is 0 Å². The number of ether oxygens (including phenoxy) is 4. The molecular weight excluding hydrogens is 1150 g/mol. The molecule has 1 N–H and O–H groups in total. The second-order valence-electron chi connectivity index (χ2n) is 24.1. The lowest BCUT2D eigenvalue weighted by molar-refractivity contribution is -0.870. The minimum atomic E-state index is -1.54. The summed E-state index contributed by atoms with van der Waals surface area (Å²) >= 11 is 0. The first-order valence-electron chi connectivity index (χ1n) is 35.9. The molecule has 0 aromatic rings. The van der Waals surface area contributed by atoms with Crippen LogP contribution >= 0.6 is 0 Å².